The Kier molecular flexibility index (Phi) is 8.89. The number of pyridine rings is 1. The molecule has 0 saturated carbocycles. The van der Waals surface area contributed by atoms with Crippen LogP contribution in [0, 0.1) is 6.92 Å². The van der Waals surface area contributed by atoms with E-state index in [1.807, 2.05) is 6.92 Å². The van der Waals surface area contributed by atoms with Crippen LogP contribution in [0.5, 0.6) is 0 Å². The predicted molar refractivity (Wildman–Crippen MR) is 153 cm³/mol. The third kappa shape index (κ3) is 6.47. The van der Waals surface area contributed by atoms with Crippen molar-refractivity contribution in [2.45, 2.75) is 90.4 Å². The molecule has 1 atom stereocenters. The van der Waals surface area contributed by atoms with Gasteiger partial charge in [0.15, 0.2) is 0 Å². The summed E-state index contributed by atoms with van der Waals surface area (Å²) < 4.78 is 17.7. The highest BCUT2D eigenvalue weighted by Gasteiger charge is 2.42. The Morgan fingerprint density at radius 1 is 1.21 bits per heavy atom. The number of nitrogens with zero attached hydrogens (tertiary/aromatic N) is 2. The fourth-order valence-corrected chi connectivity index (χ4v) is 6.36. The quantitative estimate of drug-likeness (QED) is 0.310. The molecule has 0 spiro atoms. The van der Waals surface area contributed by atoms with Gasteiger partial charge in [0.05, 0.1) is 25.9 Å². The van der Waals surface area contributed by atoms with Crippen LogP contribution in [0.15, 0.2) is 24.3 Å². The number of fused-ring (bicyclic) bond motifs is 2. The molecule has 1 aromatic carbocycles. The molecule has 0 bridgehead atoms. The highest BCUT2D eigenvalue weighted by molar-refractivity contribution is 5.79. The fourth-order valence-electron chi connectivity index (χ4n) is 6.36. The number of aryl methyl sites for hydroxylation is 3. The molecule has 39 heavy (non-hydrogen) atoms. The Hall–Kier alpha value is -2.48. The van der Waals surface area contributed by atoms with Crippen molar-refractivity contribution in [1.82, 2.24) is 9.88 Å². The van der Waals surface area contributed by atoms with Gasteiger partial charge in [-0.15, -0.1) is 0 Å². The summed E-state index contributed by atoms with van der Waals surface area (Å²) in [6, 6.07) is 8.39. The van der Waals surface area contributed by atoms with Crippen molar-refractivity contribution in [3.05, 3.63) is 57.8 Å². The molecule has 2 aromatic rings. The second-order valence-electron chi connectivity index (χ2n) is 12.0. The summed E-state index contributed by atoms with van der Waals surface area (Å²) in [6.07, 6.45) is 6.78. The SMILES string of the molecule is CCOC(=O)C(c1cc(C)cc2c1C(C)(C)COC2)N1CC(OCCCCCc2ccc3c(n2)NCCC3)C1. The van der Waals surface area contributed by atoms with Gasteiger partial charge in [0.1, 0.15) is 11.9 Å². The maximum absolute atomic E-state index is 13.3. The lowest BCUT2D eigenvalue weighted by Gasteiger charge is -2.45. The first-order valence-corrected chi connectivity index (χ1v) is 14.8. The van der Waals surface area contributed by atoms with E-state index in [1.165, 1.54) is 28.8 Å². The molecule has 7 heteroatoms. The number of carbonyl (C=O) groups is 1. The van der Waals surface area contributed by atoms with Crippen molar-refractivity contribution in [2.24, 2.45) is 0 Å². The van der Waals surface area contributed by atoms with Crippen molar-refractivity contribution in [3.63, 3.8) is 0 Å². The smallest absolute Gasteiger partial charge is 0.328 e. The number of nitrogens with one attached hydrogen (secondary N) is 1. The van der Waals surface area contributed by atoms with Crippen molar-refractivity contribution in [1.29, 1.82) is 0 Å². The van der Waals surface area contributed by atoms with Gasteiger partial charge >= 0.3 is 5.97 Å². The summed E-state index contributed by atoms with van der Waals surface area (Å²) in [5, 5.41) is 3.43. The average molecular weight is 536 g/mol. The molecule has 1 N–H and O–H groups in total. The van der Waals surface area contributed by atoms with E-state index in [2.05, 4.69) is 55.3 Å². The normalized spacial score (nSPS) is 19.4. The zero-order valence-electron chi connectivity index (χ0n) is 24.2. The van der Waals surface area contributed by atoms with E-state index in [0.29, 0.717) is 19.8 Å². The number of rotatable bonds is 11. The van der Waals surface area contributed by atoms with Crippen LogP contribution in [0.3, 0.4) is 0 Å². The van der Waals surface area contributed by atoms with Crippen molar-refractivity contribution in [2.75, 3.05) is 44.8 Å². The third-order valence-electron chi connectivity index (χ3n) is 8.22. The van der Waals surface area contributed by atoms with E-state index in [-0.39, 0.29) is 17.5 Å². The summed E-state index contributed by atoms with van der Waals surface area (Å²) >= 11 is 0. The topological polar surface area (TPSA) is 72.9 Å². The predicted octanol–water partition coefficient (Wildman–Crippen LogP) is 5.27. The van der Waals surface area contributed by atoms with E-state index in [9.17, 15) is 4.79 Å². The molecule has 1 saturated heterocycles. The van der Waals surface area contributed by atoms with Gasteiger partial charge in [-0.05, 0) is 74.3 Å². The third-order valence-corrected chi connectivity index (χ3v) is 8.22. The molecule has 1 aromatic heterocycles. The minimum Gasteiger partial charge on any atom is -0.465 e. The molecule has 0 radical (unpaired) electrons. The Morgan fingerprint density at radius 3 is 2.87 bits per heavy atom. The number of esters is 1. The van der Waals surface area contributed by atoms with Crippen molar-refractivity contribution < 1.29 is 19.0 Å². The number of hydrogen-bond donors (Lipinski definition) is 1. The second kappa shape index (κ2) is 12.4. The number of ether oxygens (including phenoxy) is 3. The van der Waals surface area contributed by atoms with Gasteiger partial charge in [-0.2, -0.15) is 0 Å². The molecule has 5 rings (SSSR count). The molecule has 3 aliphatic rings. The number of anilines is 1. The molecule has 0 aliphatic carbocycles. The van der Waals surface area contributed by atoms with E-state index >= 15 is 0 Å². The molecule has 0 amide bonds. The Bertz CT molecular complexity index is 1160. The summed E-state index contributed by atoms with van der Waals surface area (Å²) in [5.74, 6) is 0.915. The van der Waals surface area contributed by atoms with Gasteiger partial charge in [0.25, 0.3) is 0 Å². The average Bonchev–Trinajstić information content (AvgIpc) is 2.88. The van der Waals surface area contributed by atoms with Gasteiger partial charge in [-0.1, -0.05) is 44.0 Å². The number of unbranched alkanes of at least 4 members (excludes halogenated alkanes) is 2. The van der Waals surface area contributed by atoms with Gasteiger partial charge in [0, 0.05) is 37.4 Å². The minimum absolute atomic E-state index is 0.159. The summed E-state index contributed by atoms with van der Waals surface area (Å²) in [4.78, 5) is 20.3. The first kappa shape index (κ1) is 28.1. The molecule has 1 fully saturated rings. The molecule has 7 nitrogen and oxygen atoms in total. The zero-order valence-corrected chi connectivity index (χ0v) is 24.2. The second-order valence-corrected chi connectivity index (χ2v) is 12.0. The lowest BCUT2D eigenvalue weighted by Crippen LogP contribution is -2.55. The highest BCUT2D eigenvalue weighted by Crippen LogP contribution is 2.41. The van der Waals surface area contributed by atoms with Gasteiger partial charge in [-0.3, -0.25) is 4.90 Å². The summed E-state index contributed by atoms with van der Waals surface area (Å²) in [7, 11) is 0. The maximum atomic E-state index is 13.3. The van der Waals surface area contributed by atoms with Crippen molar-refractivity contribution in [3.8, 4) is 0 Å². The first-order valence-electron chi connectivity index (χ1n) is 14.8. The number of hydrogen-bond acceptors (Lipinski definition) is 7. The van der Waals surface area contributed by atoms with Crippen LogP contribution in [-0.2, 0) is 43.9 Å². The molecule has 212 valence electrons. The number of carbonyl (C=O) groups excluding carboxylic acids is 1. The number of aromatic nitrogens is 1. The Balaban J connectivity index is 1.12. The fraction of sp³-hybridized carbons (Fsp3) is 0.625. The first-order chi connectivity index (χ1) is 18.9. The van der Waals surface area contributed by atoms with E-state index in [1.54, 1.807) is 0 Å². The van der Waals surface area contributed by atoms with Crippen LogP contribution >= 0.6 is 0 Å². The van der Waals surface area contributed by atoms with Crippen LogP contribution in [0.2, 0.25) is 0 Å². The van der Waals surface area contributed by atoms with Crippen LogP contribution in [0.1, 0.15) is 86.0 Å². The number of benzene rings is 1. The lowest BCUT2D eigenvalue weighted by atomic mass is 9.75. The molecule has 3 aliphatic heterocycles. The van der Waals surface area contributed by atoms with E-state index in [4.69, 9.17) is 19.2 Å². The zero-order chi connectivity index (χ0) is 27.4. The maximum Gasteiger partial charge on any atom is 0.328 e. The lowest BCUT2D eigenvalue weighted by molar-refractivity contribution is -0.157. The van der Waals surface area contributed by atoms with E-state index in [0.717, 1.165) is 75.3 Å². The van der Waals surface area contributed by atoms with Crippen LogP contribution in [-0.4, -0.2) is 61.4 Å². The minimum atomic E-state index is -0.408. The van der Waals surface area contributed by atoms with Crippen LogP contribution in [0.25, 0.3) is 0 Å². The molecular weight excluding hydrogens is 490 g/mol. The molecule has 1 unspecified atom stereocenters. The van der Waals surface area contributed by atoms with Crippen molar-refractivity contribution >= 4 is 11.8 Å². The highest BCUT2D eigenvalue weighted by atomic mass is 16.5. The van der Waals surface area contributed by atoms with Crippen LogP contribution in [0.4, 0.5) is 5.82 Å². The standard InChI is InChI=1S/C32H45N3O4/c1-5-38-31(36)29(27-17-22(2)16-24-20-37-21-32(3,4)28(24)27)35-18-26(19-35)39-15-8-6-7-11-25-13-12-23-10-9-14-33-30(23)34-25/h12-13,16-17,26,29H,5-11,14-15,18-21H2,1-4H3,(H,33,34). The molecule has 4 heterocycles. The van der Waals surface area contributed by atoms with Gasteiger partial charge in [0.2, 0.25) is 0 Å². The van der Waals surface area contributed by atoms with E-state index < -0.39 is 6.04 Å². The largest absolute Gasteiger partial charge is 0.465 e. The van der Waals surface area contributed by atoms with Gasteiger partial charge < -0.3 is 19.5 Å². The summed E-state index contributed by atoms with van der Waals surface area (Å²) in [6.45, 7) is 13.3. The monoisotopic (exact) mass is 535 g/mol. The van der Waals surface area contributed by atoms with Crippen LogP contribution < -0.4 is 5.32 Å². The Labute approximate surface area is 233 Å². The van der Waals surface area contributed by atoms with Gasteiger partial charge in [-0.25, -0.2) is 9.78 Å². The molecular formula is C32H45N3O4. The Morgan fingerprint density at radius 2 is 2.05 bits per heavy atom. The number of likely N-dealkylation sites (tertiary alicyclic amines) is 1. The summed E-state index contributed by atoms with van der Waals surface area (Å²) in [5.41, 5.74) is 7.01.